The van der Waals surface area contributed by atoms with E-state index in [0.29, 0.717) is 28.5 Å². The number of rotatable bonds is 6. The molecule has 170 valence electrons. The average molecular weight is 449 g/mol. The van der Waals surface area contributed by atoms with Gasteiger partial charge in [0.2, 0.25) is 5.82 Å². The van der Waals surface area contributed by atoms with Gasteiger partial charge >= 0.3 is 0 Å². The van der Waals surface area contributed by atoms with Gasteiger partial charge in [0.05, 0.1) is 6.26 Å². The van der Waals surface area contributed by atoms with Crippen molar-refractivity contribution in [2.75, 3.05) is 0 Å². The van der Waals surface area contributed by atoms with Crippen LogP contribution in [0.1, 0.15) is 44.1 Å². The molecule has 0 bridgehead atoms. The minimum absolute atomic E-state index is 0.123. The first-order chi connectivity index (χ1) is 16.0. The van der Waals surface area contributed by atoms with Crippen LogP contribution in [0.4, 0.5) is 13.2 Å². The van der Waals surface area contributed by atoms with Crippen LogP contribution < -0.4 is 4.74 Å². The van der Waals surface area contributed by atoms with Crippen LogP contribution in [-0.4, -0.2) is 0 Å². The second kappa shape index (κ2) is 10.1. The molecule has 1 fully saturated rings. The van der Waals surface area contributed by atoms with Crippen LogP contribution in [0.25, 0.3) is 22.3 Å². The molecule has 1 nitrogen and oxygen atoms in total. The summed E-state index contributed by atoms with van der Waals surface area (Å²) in [5, 5.41) is 0. The van der Waals surface area contributed by atoms with Gasteiger partial charge in [0.1, 0.15) is 5.82 Å². The Morgan fingerprint density at radius 3 is 2.06 bits per heavy atom. The fraction of sp³-hybridized carbons (Fsp3) is 0.241. The Morgan fingerprint density at radius 2 is 1.45 bits per heavy atom. The predicted molar refractivity (Wildman–Crippen MR) is 128 cm³/mol. The Hall–Kier alpha value is -3.27. The third-order valence-electron chi connectivity index (χ3n) is 6.45. The minimum atomic E-state index is -1.04. The highest BCUT2D eigenvalue weighted by Crippen LogP contribution is 2.38. The fourth-order valence-electron chi connectivity index (χ4n) is 4.52. The van der Waals surface area contributed by atoms with Crippen molar-refractivity contribution in [2.45, 2.75) is 38.5 Å². The lowest BCUT2D eigenvalue weighted by Crippen LogP contribution is -2.11. The van der Waals surface area contributed by atoms with Gasteiger partial charge in [-0.15, -0.1) is 6.58 Å². The zero-order chi connectivity index (χ0) is 23.4. The Kier molecular flexibility index (Phi) is 7.02. The van der Waals surface area contributed by atoms with E-state index in [-0.39, 0.29) is 17.1 Å². The number of benzene rings is 3. The first kappa shape index (κ1) is 22.9. The van der Waals surface area contributed by atoms with Crippen LogP contribution in [0.15, 0.2) is 79.6 Å². The molecule has 1 aliphatic rings. The largest absolute Gasteiger partial charge is 0.462 e. The third kappa shape index (κ3) is 4.90. The van der Waals surface area contributed by atoms with Crippen molar-refractivity contribution in [1.82, 2.24) is 0 Å². The predicted octanol–water partition coefficient (Wildman–Crippen LogP) is 8.81. The fourth-order valence-corrected chi connectivity index (χ4v) is 4.52. The normalized spacial score (nSPS) is 18.4. The van der Waals surface area contributed by atoms with E-state index in [1.54, 1.807) is 43.3 Å². The molecule has 0 spiro atoms. The van der Waals surface area contributed by atoms with Crippen LogP contribution in [0, 0.1) is 23.4 Å². The molecule has 4 heteroatoms. The molecule has 0 heterocycles. The average Bonchev–Trinajstić information content (AvgIpc) is 2.85. The van der Waals surface area contributed by atoms with E-state index in [9.17, 15) is 13.2 Å². The van der Waals surface area contributed by atoms with Crippen molar-refractivity contribution < 1.29 is 17.9 Å². The lowest BCUT2D eigenvalue weighted by Gasteiger charge is -2.27. The number of hydrogen-bond donors (Lipinski definition) is 0. The molecule has 0 N–H and O–H groups in total. The van der Waals surface area contributed by atoms with Gasteiger partial charge in [0.25, 0.3) is 0 Å². The molecule has 4 rings (SSSR count). The van der Waals surface area contributed by atoms with E-state index < -0.39 is 11.6 Å². The van der Waals surface area contributed by atoms with Gasteiger partial charge in [0.15, 0.2) is 11.6 Å². The molecule has 1 saturated carbocycles. The van der Waals surface area contributed by atoms with E-state index in [2.05, 4.69) is 6.58 Å². The highest BCUT2D eigenvalue weighted by atomic mass is 19.2. The summed E-state index contributed by atoms with van der Waals surface area (Å²) in [6.07, 6.45) is 9.18. The zero-order valence-corrected chi connectivity index (χ0v) is 18.7. The number of hydrogen-bond acceptors (Lipinski definition) is 1. The molecule has 0 radical (unpaired) electrons. The Bertz CT molecular complexity index is 1160. The molecule has 1 aliphatic carbocycles. The van der Waals surface area contributed by atoms with Gasteiger partial charge in [-0.05, 0) is 79.3 Å². The summed E-state index contributed by atoms with van der Waals surface area (Å²) < 4.78 is 48.9. The van der Waals surface area contributed by atoms with Gasteiger partial charge in [0, 0.05) is 11.1 Å². The van der Waals surface area contributed by atoms with Gasteiger partial charge in [-0.2, -0.15) is 4.39 Å². The molecule has 0 amide bonds. The first-order valence-corrected chi connectivity index (χ1v) is 11.3. The Labute approximate surface area is 193 Å². The van der Waals surface area contributed by atoms with Crippen LogP contribution in [0.2, 0.25) is 0 Å². The monoisotopic (exact) mass is 448 g/mol. The molecule has 0 atom stereocenters. The molecule has 0 aliphatic heterocycles. The van der Waals surface area contributed by atoms with Crippen molar-refractivity contribution in [3.8, 4) is 28.0 Å². The van der Waals surface area contributed by atoms with E-state index in [1.165, 1.54) is 18.4 Å². The second-order valence-corrected chi connectivity index (χ2v) is 8.49. The summed E-state index contributed by atoms with van der Waals surface area (Å²) in [4.78, 5) is 0. The van der Waals surface area contributed by atoms with Crippen molar-refractivity contribution in [1.29, 1.82) is 0 Å². The Balaban J connectivity index is 1.54. The smallest absolute Gasteiger partial charge is 0.201 e. The third-order valence-corrected chi connectivity index (χ3v) is 6.45. The Morgan fingerprint density at radius 1 is 0.818 bits per heavy atom. The molecule has 0 saturated heterocycles. The van der Waals surface area contributed by atoms with Crippen LogP contribution in [0.3, 0.4) is 0 Å². The summed E-state index contributed by atoms with van der Waals surface area (Å²) in [5.74, 6) is -1.52. The van der Waals surface area contributed by atoms with Crippen LogP contribution in [-0.2, 0) is 0 Å². The van der Waals surface area contributed by atoms with Crippen molar-refractivity contribution >= 4 is 0 Å². The van der Waals surface area contributed by atoms with E-state index in [1.807, 2.05) is 18.2 Å². The summed E-state index contributed by atoms with van der Waals surface area (Å²) in [6, 6.07) is 15.1. The van der Waals surface area contributed by atoms with Gasteiger partial charge in [-0.25, -0.2) is 8.78 Å². The topological polar surface area (TPSA) is 9.23 Å². The first-order valence-electron chi connectivity index (χ1n) is 11.3. The molecule has 3 aromatic rings. The molecular formula is C29H27F3O. The molecular weight excluding hydrogens is 421 g/mol. The molecule has 3 aromatic carbocycles. The minimum Gasteiger partial charge on any atom is -0.462 e. The van der Waals surface area contributed by atoms with E-state index in [0.717, 1.165) is 31.2 Å². The van der Waals surface area contributed by atoms with Gasteiger partial charge < -0.3 is 4.74 Å². The van der Waals surface area contributed by atoms with Gasteiger partial charge in [-0.3, -0.25) is 0 Å². The standard InChI is InChI=1S/C29H27F3O/c1-3-17-33-27-16-15-25(28(31)29(27)32)22-11-9-21(10-12-22)24-14-13-23(18-26(24)30)20-7-5-19(4-2)6-8-20/h3-4,9-20H,2,5-8H2,1H3/b17-3-. The highest BCUT2D eigenvalue weighted by molar-refractivity contribution is 5.71. The summed E-state index contributed by atoms with van der Waals surface area (Å²) >= 11 is 0. The second-order valence-electron chi connectivity index (χ2n) is 8.49. The summed E-state index contributed by atoms with van der Waals surface area (Å²) in [6.45, 7) is 5.60. The highest BCUT2D eigenvalue weighted by Gasteiger charge is 2.22. The lowest BCUT2D eigenvalue weighted by molar-refractivity contribution is 0.375. The molecule has 0 aromatic heterocycles. The summed E-state index contributed by atoms with van der Waals surface area (Å²) in [7, 11) is 0. The number of ether oxygens (including phenoxy) is 1. The number of halogens is 3. The summed E-state index contributed by atoms with van der Waals surface area (Å²) in [5.41, 5.74) is 2.84. The maximum Gasteiger partial charge on any atom is 0.201 e. The van der Waals surface area contributed by atoms with E-state index >= 15 is 0 Å². The van der Waals surface area contributed by atoms with Crippen molar-refractivity contribution in [3.63, 3.8) is 0 Å². The maximum absolute atomic E-state index is 15.0. The van der Waals surface area contributed by atoms with Crippen molar-refractivity contribution in [2.24, 2.45) is 5.92 Å². The zero-order valence-electron chi connectivity index (χ0n) is 18.7. The lowest BCUT2D eigenvalue weighted by atomic mass is 9.78. The number of allylic oxidation sites excluding steroid dienone is 2. The van der Waals surface area contributed by atoms with E-state index in [4.69, 9.17) is 4.74 Å². The molecule has 33 heavy (non-hydrogen) atoms. The van der Waals surface area contributed by atoms with Crippen LogP contribution in [0.5, 0.6) is 5.75 Å². The molecule has 0 unspecified atom stereocenters. The van der Waals surface area contributed by atoms with Crippen LogP contribution >= 0.6 is 0 Å². The van der Waals surface area contributed by atoms with Crippen molar-refractivity contribution in [3.05, 3.63) is 103 Å². The SMILES string of the molecule is C=CC1CCC(c2ccc(-c3ccc(-c4ccc(O/C=C\C)c(F)c4F)cc3)c(F)c2)CC1. The quantitative estimate of drug-likeness (QED) is 0.270. The maximum atomic E-state index is 15.0. The van der Waals surface area contributed by atoms with Gasteiger partial charge in [-0.1, -0.05) is 48.6 Å².